The van der Waals surface area contributed by atoms with Crippen LogP contribution in [0.4, 0.5) is 0 Å². The second-order valence-electron chi connectivity index (χ2n) is 6.95. The highest BCUT2D eigenvalue weighted by molar-refractivity contribution is 5.92. The van der Waals surface area contributed by atoms with Gasteiger partial charge in [-0.15, -0.1) is 0 Å². The van der Waals surface area contributed by atoms with Crippen LogP contribution < -0.4 is 5.32 Å². The molecule has 22 heavy (non-hydrogen) atoms. The predicted molar refractivity (Wildman–Crippen MR) is 82.4 cm³/mol. The fourth-order valence-electron chi connectivity index (χ4n) is 2.51. The molecule has 1 atom stereocenters. The summed E-state index contributed by atoms with van der Waals surface area (Å²) in [5.74, 6) is 1.06. The van der Waals surface area contributed by atoms with Crippen molar-refractivity contribution in [2.75, 3.05) is 0 Å². The largest absolute Gasteiger partial charge is 0.360 e. The third kappa shape index (κ3) is 3.18. The van der Waals surface area contributed by atoms with E-state index in [1.165, 1.54) is 0 Å². The van der Waals surface area contributed by atoms with Crippen molar-refractivity contribution >= 4 is 5.91 Å². The van der Waals surface area contributed by atoms with E-state index in [1.54, 1.807) is 18.5 Å². The first kappa shape index (κ1) is 14.8. The maximum atomic E-state index is 12.5. The predicted octanol–water partition coefficient (Wildman–Crippen LogP) is 3.46. The number of hydrogen-bond acceptors (Lipinski definition) is 4. The van der Waals surface area contributed by atoms with Crippen LogP contribution in [0.1, 0.15) is 67.4 Å². The number of carbonyl (C=O) groups is 1. The second-order valence-corrected chi connectivity index (χ2v) is 6.95. The monoisotopic (exact) mass is 299 g/mol. The van der Waals surface area contributed by atoms with Crippen molar-refractivity contribution in [3.8, 4) is 0 Å². The molecule has 1 saturated carbocycles. The Kier molecular flexibility index (Phi) is 3.72. The van der Waals surface area contributed by atoms with Crippen LogP contribution in [-0.2, 0) is 0 Å². The molecular weight excluding hydrogens is 278 g/mol. The van der Waals surface area contributed by atoms with E-state index in [9.17, 15) is 4.79 Å². The van der Waals surface area contributed by atoms with E-state index in [0.717, 1.165) is 24.2 Å². The number of nitrogens with zero attached hydrogens (tertiary/aromatic N) is 2. The lowest BCUT2D eigenvalue weighted by atomic mass is 9.83. The molecule has 1 amide bonds. The fraction of sp³-hybridized carbons (Fsp3) is 0.471. The minimum Gasteiger partial charge on any atom is -0.360 e. The van der Waals surface area contributed by atoms with Gasteiger partial charge in [-0.3, -0.25) is 9.78 Å². The standard InChI is InChI=1S/C17H21N3O2/c1-17(2,3)15(12-5-4-8-18-10-12)19-16(21)13-9-14(22-20-13)11-6-7-11/h4-5,8-11,15H,6-7H2,1-3H3,(H,19,21). The van der Waals surface area contributed by atoms with Crippen LogP contribution in [-0.4, -0.2) is 16.0 Å². The van der Waals surface area contributed by atoms with Gasteiger partial charge in [-0.05, 0) is 29.9 Å². The Labute approximate surface area is 130 Å². The van der Waals surface area contributed by atoms with Crippen molar-refractivity contribution < 1.29 is 9.32 Å². The van der Waals surface area contributed by atoms with Crippen molar-refractivity contribution in [3.05, 3.63) is 47.6 Å². The maximum Gasteiger partial charge on any atom is 0.273 e. The number of pyridine rings is 1. The fourth-order valence-corrected chi connectivity index (χ4v) is 2.51. The highest BCUT2D eigenvalue weighted by Crippen LogP contribution is 2.40. The lowest BCUT2D eigenvalue weighted by molar-refractivity contribution is 0.0892. The topological polar surface area (TPSA) is 68.0 Å². The van der Waals surface area contributed by atoms with E-state index in [1.807, 2.05) is 12.1 Å². The molecule has 0 radical (unpaired) electrons. The minimum atomic E-state index is -0.209. The van der Waals surface area contributed by atoms with Gasteiger partial charge < -0.3 is 9.84 Å². The zero-order valence-corrected chi connectivity index (χ0v) is 13.2. The first-order valence-corrected chi connectivity index (χ1v) is 7.62. The summed E-state index contributed by atoms with van der Waals surface area (Å²) < 4.78 is 5.26. The van der Waals surface area contributed by atoms with Gasteiger partial charge in [0.1, 0.15) is 5.76 Å². The highest BCUT2D eigenvalue weighted by atomic mass is 16.5. The summed E-state index contributed by atoms with van der Waals surface area (Å²) in [5, 5.41) is 6.96. The number of amides is 1. The Morgan fingerprint density at radius 1 is 1.41 bits per heavy atom. The molecule has 116 valence electrons. The summed E-state index contributed by atoms with van der Waals surface area (Å²) in [7, 11) is 0. The molecule has 1 aliphatic carbocycles. The van der Waals surface area contributed by atoms with Gasteiger partial charge in [0.2, 0.25) is 0 Å². The van der Waals surface area contributed by atoms with E-state index in [2.05, 4.69) is 36.2 Å². The van der Waals surface area contributed by atoms with Crippen LogP contribution in [0.5, 0.6) is 0 Å². The normalized spacial score (nSPS) is 16.3. The molecule has 1 unspecified atom stereocenters. The molecule has 0 saturated heterocycles. The Morgan fingerprint density at radius 2 is 2.18 bits per heavy atom. The molecule has 5 heteroatoms. The van der Waals surface area contributed by atoms with Crippen LogP contribution in [0.3, 0.4) is 0 Å². The lowest BCUT2D eigenvalue weighted by Gasteiger charge is -2.31. The van der Waals surface area contributed by atoms with Crippen molar-refractivity contribution in [1.29, 1.82) is 0 Å². The molecule has 3 rings (SSSR count). The number of aromatic nitrogens is 2. The summed E-state index contributed by atoms with van der Waals surface area (Å²) in [4.78, 5) is 16.6. The number of nitrogens with one attached hydrogen (secondary N) is 1. The molecule has 0 bridgehead atoms. The third-order valence-electron chi connectivity index (χ3n) is 3.90. The summed E-state index contributed by atoms with van der Waals surface area (Å²) in [6, 6.07) is 5.47. The highest BCUT2D eigenvalue weighted by Gasteiger charge is 2.31. The summed E-state index contributed by atoms with van der Waals surface area (Å²) in [6.45, 7) is 6.26. The van der Waals surface area contributed by atoms with Gasteiger partial charge in [-0.2, -0.15) is 0 Å². The Morgan fingerprint density at radius 3 is 2.77 bits per heavy atom. The lowest BCUT2D eigenvalue weighted by Crippen LogP contribution is -2.36. The Balaban J connectivity index is 1.79. The SMILES string of the molecule is CC(C)(C)C(NC(=O)c1cc(C2CC2)on1)c1cccnc1. The van der Waals surface area contributed by atoms with Crippen molar-refractivity contribution in [1.82, 2.24) is 15.5 Å². The smallest absolute Gasteiger partial charge is 0.273 e. The van der Waals surface area contributed by atoms with Crippen LogP contribution in [0.2, 0.25) is 0 Å². The van der Waals surface area contributed by atoms with Crippen molar-refractivity contribution in [3.63, 3.8) is 0 Å². The summed E-state index contributed by atoms with van der Waals surface area (Å²) in [5.41, 5.74) is 1.19. The molecule has 1 aliphatic rings. The quantitative estimate of drug-likeness (QED) is 0.938. The van der Waals surface area contributed by atoms with Gasteiger partial charge in [-0.25, -0.2) is 0 Å². The zero-order chi connectivity index (χ0) is 15.7. The van der Waals surface area contributed by atoms with Gasteiger partial charge >= 0.3 is 0 Å². The molecule has 5 nitrogen and oxygen atoms in total. The van der Waals surface area contributed by atoms with Gasteiger partial charge in [0.15, 0.2) is 5.69 Å². The van der Waals surface area contributed by atoms with E-state index >= 15 is 0 Å². The van der Waals surface area contributed by atoms with Crippen molar-refractivity contribution in [2.24, 2.45) is 5.41 Å². The molecule has 2 aromatic rings. The maximum absolute atomic E-state index is 12.5. The molecule has 0 aromatic carbocycles. The number of hydrogen-bond donors (Lipinski definition) is 1. The van der Waals surface area contributed by atoms with Crippen LogP contribution in [0, 0.1) is 5.41 Å². The van der Waals surface area contributed by atoms with Crippen LogP contribution >= 0.6 is 0 Å². The summed E-state index contributed by atoms with van der Waals surface area (Å²) in [6.07, 6.45) is 5.76. The molecule has 1 N–H and O–H groups in total. The van der Waals surface area contributed by atoms with Gasteiger partial charge in [-0.1, -0.05) is 32.0 Å². The van der Waals surface area contributed by atoms with Crippen LogP contribution in [0.25, 0.3) is 0 Å². The molecular formula is C17H21N3O2. The number of carbonyl (C=O) groups excluding carboxylic acids is 1. The first-order valence-electron chi connectivity index (χ1n) is 7.62. The van der Waals surface area contributed by atoms with Crippen molar-refractivity contribution in [2.45, 2.75) is 45.6 Å². The van der Waals surface area contributed by atoms with Crippen LogP contribution in [0.15, 0.2) is 35.1 Å². The summed E-state index contributed by atoms with van der Waals surface area (Å²) >= 11 is 0. The molecule has 0 aliphatic heterocycles. The first-order chi connectivity index (χ1) is 10.4. The van der Waals surface area contributed by atoms with E-state index in [4.69, 9.17) is 4.52 Å². The molecule has 0 spiro atoms. The van der Waals surface area contributed by atoms with Gasteiger partial charge in [0.05, 0.1) is 6.04 Å². The van der Waals surface area contributed by atoms with Gasteiger partial charge in [0.25, 0.3) is 5.91 Å². The van der Waals surface area contributed by atoms with E-state index in [-0.39, 0.29) is 17.4 Å². The second kappa shape index (κ2) is 5.55. The van der Waals surface area contributed by atoms with E-state index < -0.39 is 0 Å². The zero-order valence-electron chi connectivity index (χ0n) is 13.2. The third-order valence-corrected chi connectivity index (χ3v) is 3.90. The average Bonchev–Trinajstić information content (AvgIpc) is 3.21. The molecule has 1 fully saturated rings. The van der Waals surface area contributed by atoms with E-state index in [0.29, 0.717) is 11.6 Å². The molecule has 2 heterocycles. The van der Waals surface area contributed by atoms with Gasteiger partial charge in [0, 0.05) is 24.4 Å². The molecule has 2 aromatic heterocycles. The minimum absolute atomic E-state index is 0.137. The number of rotatable bonds is 4. The average molecular weight is 299 g/mol. The Bertz CT molecular complexity index is 654. The Hall–Kier alpha value is -2.17.